The van der Waals surface area contributed by atoms with Gasteiger partial charge in [0.15, 0.2) is 5.78 Å². The molecular formula is C14H20O4. The van der Waals surface area contributed by atoms with Crippen LogP contribution in [0.2, 0.25) is 0 Å². The van der Waals surface area contributed by atoms with Crippen molar-refractivity contribution in [3.8, 4) is 11.5 Å². The predicted molar refractivity (Wildman–Crippen MR) is 69.3 cm³/mol. The first kappa shape index (κ1) is 14.5. The normalized spacial score (nSPS) is 12.1. The van der Waals surface area contributed by atoms with Crippen LogP contribution in [0.3, 0.4) is 0 Å². The van der Waals surface area contributed by atoms with Crippen molar-refractivity contribution in [1.29, 1.82) is 0 Å². The SMILES string of the molecule is CCC(=O)C(O)c1cc(OC)c(C)c(C)c1OC. The van der Waals surface area contributed by atoms with Gasteiger partial charge in [0.2, 0.25) is 0 Å². The van der Waals surface area contributed by atoms with E-state index >= 15 is 0 Å². The largest absolute Gasteiger partial charge is 0.496 e. The third-order valence-electron chi connectivity index (χ3n) is 3.19. The number of ether oxygens (including phenoxy) is 2. The van der Waals surface area contributed by atoms with Crippen LogP contribution in [-0.4, -0.2) is 25.1 Å². The molecule has 0 bridgehead atoms. The highest BCUT2D eigenvalue weighted by Crippen LogP contribution is 2.37. The Morgan fingerprint density at radius 2 is 1.89 bits per heavy atom. The van der Waals surface area contributed by atoms with Crippen LogP contribution in [0.5, 0.6) is 11.5 Å². The lowest BCUT2D eigenvalue weighted by Gasteiger charge is -2.19. The molecule has 0 spiro atoms. The number of carbonyl (C=O) groups excluding carboxylic acids is 1. The Kier molecular flexibility index (Phi) is 4.73. The third kappa shape index (κ3) is 2.48. The lowest BCUT2D eigenvalue weighted by Crippen LogP contribution is -2.13. The molecular weight excluding hydrogens is 232 g/mol. The Balaban J connectivity index is 3.42. The summed E-state index contributed by atoms with van der Waals surface area (Å²) in [5.74, 6) is 0.951. The number of hydrogen-bond acceptors (Lipinski definition) is 4. The summed E-state index contributed by atoms with van der Waals surface area (Å²) in [5, 5.41) is 10.1. The van der Waals surface area contributed by atoms with E-state index in [0.29, 0.717) is 17.1 Å². The second-order valence-corrected chi connectivity index (χ2v) is 4.17. The first-order chi connectivity index (χ1) is 8.47. The summed E-state index contributed by atoms with van der Waals surface area (Å²) in [6.45, 7) is 5.51. The van der Waals surface area contributed by atoms with Crippen LogP contribution in [0.4, 0.5) is 0 Å². The molecule has 0 saturated carbocycles. The minimum atomic E-state index is -1.17. The highest BCUT2D eigenvalue weighted by atomic mass is 16.5. The monoisotopic (exact) mass is 252 g/mol. The fraction of sp³-hybridized carbons (Fsp3) is 0.500. The van der Waals surface area contributed by atoms with E-state index in [1.807, 2.05) is 13.8 Å². The maximum atomic E-state index is 11.6. The summed E-state index contributed by atoms with van der Waals surface area (Å²) in [7, 11) is 3.09. The molecule has 0 fully saturated rings. The number of carbonyl (C=O) groups is 1. The van der Waals surface area contributed by atoms with Gasteiger partial charge in [-0.1, -0.05) is 6.92 Å². The van der Waals surface area contributed by atoms with Crippen LogP contribution < -0.4 is 9.47 Å². The number of aliphatic hydroxyl groups is 1. The minimum Gasteiger partial charge on any atom is -0.496 e. The molecule has 0 amide bonds. The van der Waals surface area contributed by atoms with Gasteiger partial charge in [-0.2, -0.15) is 0 Å². The fourth-order valence-electron chi connectivity index (χ4n) is 1.94. The van der Waals surface area contributed by atoms with Crippen molar-refractivity contribution in [2.45, 2.75) is 33.3 Å². The average molecular weight is 252 g/mol. The van der Waals surface area contributed by atoms with E-state index in [4.69, 9.17) is 9.47 Å². The molecule has 4 heteroatoms. The molecule has 1 rings (SSSR count). The average Bonchev–Trinajstić information content (AvgIpc) is 2.39. The highest BCUT2D eigenvalue weighted by molar-refractivity contribution is 5.85. The maximum Gasteiger partial charge on any atom is 0.165 e. The van der Waals surface area contributed by atoms with Gasteiger partial charge in [0.25, 0.3) is 0 Å². The molecule has 0 saturated heterocycles. The summed E-state index contributed by atoms with van der Waals surface area (Å²) < 4.78 is 10.6. The molecule has 1 N–H and O–H groups in total. The smallest absolute Gasteiger partial charge is 0.165 e. The van der Waals surface area contributed by atoms with Gasteiger partial charge in [-0.05, 0) is 31.0 Å². The molecule has 18 heavy (non-hydrogen) atoms. The number of methoxy groups -OCH3 is 2. The zero-order chi connectivity index (χ0) is 13.9. The first-order valence-corrected chi connectivity index (χ1v) is 5.90. The Morgan fingerprint density at radius 3 is 2.33 bits per heavy atom. The van der Waals surface area contributed by atoms with E-state index in [0.717, 1.165) is 11.1 Å². The maximum absolute atomic E-state index is 11.6. The quantitative estimate of drug-likeness (QED) is 0.873. The number of Topliss-reactive ketones (excluding diaryl/α,β-unsaturated/α-hetero) is 1. The van der Waals surface area contributed by atoms with E-state index < -0.39 is 6.10 Å². The van der Waals surface area contributed by atoms with Crippen molar-refractivity contribution in [3.63, 3.8) is 0 Å². The van der Waals surface area contributed by atoms with Crippen LogP contribution >= 0.6 is 0 Å². The van der Waals surface area contributed by atoms with Crippen LogP contribution in [0, 0.1) is 13.8 Å². The van der Waals surface area contributed by atoms with Gasteiger partial charge < -0.3 is 14.6 Å². The molecule has 0 aliphatic carbocycles. The summed E-state index contributed by atoms with van der Waals surface area (Å²) in [6.07, 6.45) is -0.891. The summed E-state index contributed by atoms with van der Waals surface area (Å²) in [6, 6.07) is 1.67. The van der Waals surface area contributed by atoms with Crippen LogP contribution in [-0.2, 0) is 4.79 Å². The van der Waals surface area contributed by atoms with Gasteiger partial charge in [-0.25, -0.2) is 0 Å². The Labute approximate surface area is 108 Å². The van der Waals surface area contributed by atoms with Gasteiger partial charge in [0.05, 0.1) is 14.2 Å². The number of hydrogen-bond donors (Lipinski definition) is 1. The van der Waals surface area contributed by atoms with Gasteiger partial charge in [-0.15, -0.1) is 0 Å². The molecule has 0 radical (unpaired) electrons. The minimum absolute atomic E-state index is 0.237. The van der Waals surface area contributed by atoms with Gasteiger partial charge >= 0.3 is 0 Å². The van der Waals surface area contributed by atoms with E-state index in [-0.39, 0.29) is 12.2 Å². The Morgan fingerprint density at radius 1 is 1.28 bits per heavy atom. The second kappa shape index (κ2) is 5.87. The second-order valence-electron chi connectivity index (χ2n) is 4.17. The molecule has 1 aromatic carbocycles. The van der Waals surface area contributed by atoms with Crippen molar-refractivity contribution in [1.82, 2.24) is 0 Å². The molecule has 0 aliphatic heterocycles. The Hall–Kier alpha value is -1.55. The van der Waals surface area contributed by atoms with Crippen molar-refractivity contribution in [2.75, 3.05) is 14.2 Å². The van der Waals surface area contributed by atoms with Gasteiger partial charge in [0, 0.05) is 12.0 Å². The zero-order valence-corrected chi connectivity index (χ0v) is 11.5. The molecule has 0 aliphatic rings. The van der Waals surface area contributed by atoms with Crippen LogP contribution in [0.15, 0.2) is 6.07 Å². The standard InChI is InChI=1S/C14H20O4/c1-6-11(15)13(16)10-7-12(17-4)8(2)9(3)14(10)18-5/h7,13,16H,6H2,1-5H3. The lowest BCUT2D eigenvalue weighted by molar-refractivity contribution is -0.127. The summed E-state index contributed by atoms with van der Waals surface area (Å²) in [4.78, 5) is 11.6. The molecule has 1 aromatic rings. The van der Waals surface area contributed by atoms with Crippen molar-refractivity contribution in [3.05, 3.63) is 22.8 Å². The predicted octanol–water partition coefficient (Wildman–Crippen LogP) is 2.33. The molecule has 0 heterocycles. The van der Waals surface area contributed by atoms with E-state index in [1.54, 1.807) is 20.1 Å². The van der Waals surface area contributed by atoms with E-state index in [1.165, 1.54) is 7.11 Å². The van der Waals surface area contributed by atoms with E-state index in [2.05, 4.69) is 0 Å². The topological polar surface area (TPSA) is 55.8 Å². The number of aliphatic hydroxyl groups excluding tert-OH is 1. The molecule has 0 aromatic heterocycles. The molecule has 1 atom stereocenters. The first-order valence-electron chi connectivity index (χ1n) is 5.90. The zero-order valence-electron chi connectivity index (χ0n) is 11.5. The van der Waals surface area contributed by atoms with E-state index in [9.17, 15) is 9.90 Å². The van der Waals surface area contributed by atoms with Gasteiger partial charge in [-0.3, -0.25) is 4.79 Å². The summed E-state index contributed by atoms with van der Waals surface area (Å²) >= 11 is 0. The fourth-order valence-corrected chi connectivity index (χ4v) is 1.94. The molecule has 1 unspecified atom stereocenters. The number of rotatable bonds is 5. The molecule has 4 nitrogen and oxygen atoms in total. The molecule has 100 valence electrons. The third-order valence-corrected chi connectivity index (χ3v) is 3.19. The summed E-state index contributed by atoms with van der Waals surface area (Å²) in [5.41, 5.74) is 2.27. The van der Waals surface area contributed by atoms with Crippen molar-refractivity contribution >= 4 is 5.78 Å². The Bertz CT molecular complexity index is 452. The highest BCUT2D eigenvalue weighted by Gasteiger charge is 2.23. The van der Waals surface area contributed by atoms with Crippen LogP contribution in [0.1, 0.15) is 36.1 Å². The van der Waals surface area contributed by atoms with Gasteiger partial charge in [0.1, 0.15) is 17.6 Å². The van der Waals surface area contributed by atoms with Crippen molar-refractivity contribution in [2.24, 2.45) is 0 Å². The van der Waals surface area contributed by atoms with Crippen molar-refractivity contribution < 1.29 is 19.4 Å². The number of benzene rings is 1. The van der Waals surface area contributed by atoms with Crippen LogP contribution in [0.25, 0.3) is 0 Å². The number of ketones is 1. The lowest BCUT2D eigenvalue weighted by atomic mass is 9.97.